The zero-order valence-corrected chi connectivity index (χ0v) is 17.3. The van der Waals surface area contributed by atoms with Crippen LogP contribution in [0.25, 0.3) is 11.1 Å². The molecule has 3 rings (SSSR count). The van der Waals surface area contributed by atoms with Crippen molar-refractivity contribution >= 4 is 11.9 Å². The largest absolute Gasteiger partial charge is 0.256 e. The standard InChI is InChI=1S/C26H28FN/c1-17(2)20-12-13-23(18(3)4)26(15-20)28-16-25-19(5)8-6-11-24(25)21-9-7-10-22(27)14-21/h6-18H,1-5H3. The summed E-state index contributed by atoms with van der Waals surface area (Å²) in [6.07, 6.45) is 1.93. The molecule has 3 aromatic carbocycles. The van der Waals surface area contributed by atoms with Crippen molar-refractivity contribution in [3.05, 3.63) is 88.7 Å². The number of halogens is 1. The van der Waals surface area contributed by atoms with Crippen molar-refractivity contribution in [3.63, 3.8) is 0 Å². The lowest BCUT2D eigenvalue weighted by atomic mass is 9.95. The molecule has 0 heterocycles. The molecule has 0 N–H and O–H groups in total. The first-order valence-corrected chi connectivity index (χ1v) is 9.90. The van der Waals surface area contributed by atoms with E-state index in [1.807, 2.05) is 24.4 Å². The van der Waals surface area contributed by atoms with Gasteiger partial charge >= 0.3 is 0 Å². The van der Waals surface area contributed by atoms with Crippen LogP contribution in [0.5, 0.6) is 0 Å². The fourth-order valence-corrected chi connectivity index (χ4v) is 3.41. The van der Waals surface area contributed by atoms with Gasteiger partial charge in [-0.05, 0) is 64.8 Å². The average Bonchev–Trinajstić information content (AvgIpc) is 2.66. The topological polar surface area (TPSA) is 12.4 Å². The van der Waals surface area contributed by atoms with Gasteiger partial charge in [-0.15, -0.1) is 0 Å². The molecule has 0 radical (unpaired) electrons. The van der Waals surface area contributed by atoms with E-state index < -0.39 is 0 Å². The minimum absolute atomic E-state index is 0.228. The van der Waals surface area contributed by atoms with E-state index in [1.165, 1.54) is 17.2 Å². The lowest BCUT2D eigenvalue weighted by molar-refractivity contribution is 0.628. The van der Waals surface area contributed by atoms with Crippen molar-refractivity contribution in [2.24, 2.45) is 4.99 Å². The van der Waals surface area contributed by atoms with Crippen LogP contribution in [0.15, 0.2) is 65.7 Å². The van der Waals surface area contributed by atoms with E-state index >= 15 is 0 Å². The van der Waals surface area contributed by atoms with Crippen molar-refractivity contribution in [3.8, 4) is 11.1 Å². The Kier molecular flexibility index (Phi) is 6.08. The molecule has 0 amide bonds. The highest BCUT2D eigenvalue weighted by Crippen LogP contribution is 2.31. The molecule has 0 aliphatic rings. The minimum atomic E-state index is -0.228. The Balaban J connectivity index is 2.10. The highest BCUT2D eigenvalue weighted by molar-refractivity contribution is 5.93. The third-order valence-corrected chi connectivity index (χ3v) is 5.14. The zero-order chi connectivity index (χ0) is 20.3. The lowest BCUT2D eigenvalue weighted by Crippen LogP contribution is -1.95. The van der Waals surface area contributed by atoms with Gasteiger partial charge in [0.05, 0.1) is 5.69 Å². The number of rotatable bonds is 5. The maximum atomic E-state index is 13.8. The van der Waals surface area contributed by atoms with Gasteiger partial charge in [0.2, 0.25) is 0 Å². The van der Waals surface area contributed by atoms with Gasteiger partial charge in [-0.2, -0.15) is 0 Å². The van der Waals surface area contributed by atoms with Gasteiger partial charge in [-0.3, -0.25) is 4.99 Å². The molecule has 2 heteroatoms. The van der Waals surface area contributed by atoms with Crippen LogP contribution in [0.4, 0.5) is 10.1 Å². The van der Waals surface area contributed by atoms with Gasteiger partial charge in [0, 0.05) is 11.8 Å². The summed E-state index contributed by atoms with van der Waals surface area (Å²) in [5.41, 5.74) is 7.54. The van der Waals surface area contributed by atoms with Crippen LogP contribution in [0.1, 0.15) is 61.8 Å². The van der Waals surface area contributed by atoms with Gasteiger partial charge in [0.25, 0.3) is 0 Å². The van der Waals surface area contributed by atoms with Gasteiger partial charge in [-0.25, -0.2) is 4.39 Å². The Labute approximate surface area is 168 Å². The number of hydrogen-bond acceptors (Lipinski definition) is 1. The Morgan fingerprint density at radius 3 is 2.29 bits per heavy atom. The van der Waals surface area contributed by atoms with E-state index in [4.69, 9.17) is 4.99 Å². The predicted octanol–water partition coefficient (Wildman–Crippen LogP) is 7.80. The maximum absolute atomic E-state index is 13.8. The molecule has 0 aliphatic heterocycles. The molecule has 28 heavy (non-hydrogen) atoms. The molecule has 0 bridgehead atoms. The molecular formula is C26H28FN. The number of benzene rings is 3. The zero-order valence-electron chi connectivity index (χ0n) is 17.3. The summed E-state index contributed by atoms with van der Waals surface area (Å²) >= 11 is 0. The molecule has 0 atom stereocenters. The summed E-state index contributed by atoms with van der Waals surface area (Å²) in [7, 11) is 0. The summed E-state index contributed by atoms with van der Waals surface area (Å²) < 4.78 is 13.8. The monoisotopic (exact) mass is 373 g/mol. The Morgan fingerprint density at radius 1 is 0.857 bits per heavy atom. The third-order valence-electron chi connectivity index (χ3n) is 5.14. The van der Waals surface area contributed by atoms with E-state index in [-0.39, 0.29) is 5.82 Å². The fraction of sp³-hybridized carbons (Fsp3) is 0.269. The number of aryl methyl sites for hydroxylation is 1. The summed E-state index contributed by atoms with van der Waals surface area (Å²) in [4.78, 5) is 4.89. The minimum Gasteiger partial charge on any atom is -0.256 e. The molecule has 3 aromatic rings. The number of aliphatic imine (C=N–C) groups is 1. The van der Waals surface area contributed by atoms with Gasteiger partial charge in [0.1, 0.15) is 5.82 Å². The number of nitrogens with zero attached hydrogens (tertiary/aromatic N) is 1. The van der Waals surface area contributed by atoms with Crippen molar-refractivity contribution in [1.82, 2.24) is 0 Å². The first kappa shape index (κ1) is 20.0. The molecule has 0 saturated carbocycles. The van der Waals surface area contributed by atoms with E-state index in [9.17, 15) is 4.39 Å². The molecule has 0 fully saturated rings. The molecule has 1 nitrogen and oxygen atoms in total. The number of hydrogen-bond donors (Lipinski definition) is 0. The van der Waals surface area contributed by atoms with Crippen molar-refractivity contribution in [1.29, 1.82) is 0 Å². The molecule has 144 valence electrons. The maximum Gasteiger partial charge on any atom is 0.123 e. The quantitative estimate of drug-likeness (QED) is 0.405. The first-order chi connectivity index (χ1) is 13.4. The normalized spacial score (nSPS) is 11.7. The van der Waals surface area contributed by atoms with Crippen molar-refractivity contribution < 1.29 is 4.39 Å². The fourth-order valence-electron chi connectivity index (χ4n) is 3.41. The second-order valence-electron chi connectivity index (χ2n) is 7.93. The molecule has 0 aromatic heterocycles. The van der Waals surface area contributed by atoms with Gasteiger partial charge in [-0.1, -0.05) is 70.2 Å². The molecule has 0 unspecified atom stereocenters. The molecule has 0 saturated heterocycles. The second kappa shape index (κ2) is 8.52. The van der Waals surface area contributed by atoms with E-state index in [0.29, 0.717) is 11.8 Å². The van der Waals surface area contributed by atoms with E-state index in [2.05, 4.69) is 58.9 Å². The molecule has 0 aliphatic carbocycles. The third kappa shape index (κ3) is 4.39. The Bertz CT molecular complexity index is 999. The Morgan fingerprint density at radius 2 is 1.61 bits per heavy atom. The summed E-state index contributed by atoms with van der Waals surface area (Å²) in [6.45, 7) is 10.8. The summed E-state index contributed by atoms with van der Waals surface area (Å²) in [6, 6.07) is 19.4. The van der Waals surface area contributed by atoms with Crippen LogP contribution >= 0.6 is 0 Å². The predicted molar refractivity (Wildman–Crippen MR) is 118 cm³/mol. The van der Waals surface area contributed by atoms with Crippen LogP contribution in [0.3, 0.4) is 0 Å². The highest BCUT2D eigenvalue weighted by atomic mass is 19.1. The van der Waals surface area contributed by atoms with Crippen molar-refractivity contribution in [2.75, 3.05) is 0 Å². The van der Waals surface area contributed by atoms with Crippen LogP contribution < -0.4 is 0 Å². The summed E-state index contributed by atoms with van der Waals surface area (Å²) in [5, 5.41) is 0. The SMILES string of the molecule is Cc1cccc(-c2cccc(F)c2)c1C=Nc1cc(C(C)C)ccc1C(C)C. The average molecular weight is 374 g/mol. The lowest BCUT2D eigenvalue weighted by Gasteiger charge is -2.14. The molecule has 0 spiro atoms. The summed E-state index contributed by atoms with van der Waals surface area (Å²) in [5.74, 6) is 0.623. The van der Waals surface area contributed by atoms with Crippen LogP contribution in [-0.2, 0) is 0 Å². The van der Waals surface area contributed by atoms with E-state index in [0.717, 1.165) is 27.9 Å². The molecular weight excluding hydrogens is 345 g/mol. The van der Waals surface area contributed by atoms with Crippen LogP contribution in [-0.4, -0.2) is 6.21 Å². The first-order valence-electron chi connectivity index (χ1n) is 9.90. The van der Waals surface area contributed by atoms with Crippen LogP contribution in [0.2, 0.25) is 0 Å². The van der Waals surface area contributed by atoms with Crippen molar-refractivity contribution in [2.45, 2.75) is 46.5 Å². The second-order valence-corrected chi connectivity index (χ2v) is 7.93. The highest BCUT2D eigenvalue weighted by Gasteiger charge is 2.10. The van der Waals surface area contributed by atoms with Gasteiger partial charge in [0.15, 0.2) is 0 Å². The Hall–Kier alpha value is -2.74. The smallest absolute Gasteiger partial charge is 0.123 e. The van der Waals surface area contributed by atoms with E-state index in [1.54, 1.807) is 12.1 Å². The van der Waals surface area contributed by atoms with Gasteiger partial charge < -0.3 is 0 Å². The van der Waals surface area contributed by atoms with Crippen LogP contribution in [0, 0.1) is 12.7 Å².